The van der Waals surface area contributed by atoms with Crippen LogP contribution in [0.15, 0.2) is 36.5 Å². The lowest BCUT2D eigenvalue weighted by atomic mass is 9.84. The first-order valence-electron chi connectivity index (χ1n) is 11.3. The number of aryl methyl sites for hydroxylation is 1. The number of aromatic nitrogens is 3. The van der Waals surface area contributed by atoms with Crippen molar-refractivity contribution in [2.75, 3.05) is 0 Å². The summed E-state index contributed by atoms with van der Waals surface area (Å²) in [5.74, 6) is 2.29. The van der Waals surface area contributed by atoms with E-state index >= 15 is 0 Å². The van der Waals surface area contributed by atoms with E-state index in [9.17, 15) is 4.79 Å². The number of para-hydroxylation sites is 1. The molecule has 2 aliphatic rings. The van der Waals surface area contributed by atoms with Crippen molar-refractivity contribution < 1.29 is 4.79 Å². The molecule has 4 atom stereocenters. The maximum atomic E-state index is 13.4. The summed E-state index contributed by atoms with van der Waals surface area (Å²) in [5, 5.41) is 8.70. The van der Waals surface area contributed by atoms with Crippen LogP contribution >= 0.6 is 0 Å². The molecular formula is C25H30N4O. The monoisotopic (exact) mass is 402 g/mol. The highest BCUT2D eigenvalue weighted by molar-refractivity contribution is 6.07. The Morgan fingerprint density at radius 2 is 2.10 bits per heavy atom. The number of nitrogens with zero attached hydrogens (tertiary/aromatic N) is 3. The number of benzene rings is 1. The SMILES string of the molecule is CCn1ncc(-c2cc(C(=O)NC(C)C3CC4CCC3C4)c3ccccc3n2)c1C. The Morgan fingerprint density at radius 3 is 2.80 bits per heavy atom. The lowest BCUT2D eigenvalue weighted by molar-refractivity contribution is 0.0917. The zero-order valence-corrected chi connectivity index (χ0v) is 18.1. The molecule has 0 radical (unpaired) electrons. The molecule has 30 heavy (non-hydrogen) atoms. The molecule has 4 unspecified atom stereocenters. The van der Waals surface area contributed by atoms with Crippen molar-refractivity contribution >= 4 is 16.8 Å². The summed E-state index contributed by atoms with van der Waals surface area (Å²) in [6.07, 6.45) is 7.19. The van der Waals surface area contributed by atoms with E-state index in [4.69, 9.17) is 4.98 Å². The van der Waals surface area contributed by atoms with Gasteiger partial charge in [-0.25, -0.2) is 4.98 Å². The fraction of sp³-hybridized carbons (Fsp3) is 0.480. The predicted molar refractivity (Wildman–Crippen MR) is 119 cm³/mol. The van der Waals surface area contributed by atoms with Gasteiger partial charge in [0, 0.05) is 29.2 Å². The molecule has 2 fully saturated rings. The van der Waals surface area contributed by atoms with Crippen LogP contribution in [0.4, 0.5) is 0 Å². The van der Waals surface area contributed by atoms with Gasteiger partial charge in [-0.3, -0.25) is 9.48 Å². The number of carbonyl (C=O) groups excluding carboxylic acids is 1. The molecule has 0 spiro atoms. The van der Waals surface area contributed by atoms with E-state index in [0.29, 0.717) is 11.5 Å². The minimum Gasteiger partial charge on any atom is -0.349 e. The van der Waals surface area contributed by atoms with Gasteiger partial charge in [0.15, 0.2) is 0 Å². The summed E-state index contributed by atoms with van der Waals surface area (Å²) in [5.41, 5.74) is 4.41. The number of fused-ring (bicyclic) bond motifs is 3. The molecule has 5 heteroatoms. The second-order valence-corrected chi connectivity index (χ2v) is 9.13. The zero-order valence-electron chi connectivity index (χ0n) is 18.1. The predicted octanol–water partition coefficient (Wildman–Crippen LogP) is 4.98. The highest BCUT2D eigenvalue weighted by Crippen LogP contribution is 2.49. The van der Waals surface area contributed by atoms with E-state index in [1.807, 2.05) is 41.2 Å². The summed E-state index contributed by atoms with van der Waals surface area (Å²) < 4.78 is 1.96. The van der Waals surface area contributed by atoms with Gasteiger partial charge >= 0.3 is 0 Å². The van der Waals surface area contributed by atoms with E-state index in [0.717, 1.165) is 46.2 Å². The molecule has 5 nitrogen and oxygen atoms in total. The third-order valence-electron chi connectivity index (χ3n) is 7.43. The summed E-state index contributed by atoms with van der Waals surface area (Å²) in [4.78, 5) is 18.3. The molecule has 2 heterocycles. The Kier molecular flexibility index (Phi) is 4.84. The lowest BCUT2D eigenvalue weighted by Crippen LogP contribution is -2.40. The Labute approximate surface area is 177 Å². The lowest BCUT2D eigenvalue weighted by Gasteiger charge is -2.28. The molecule has 2 bridgehead atoms. The summed E-state index contributed by atoms with van der Waals surface area (Å²) in [6, 6.07) is 10.1. The number of hydrogen-bond acceptors (Lipinski definition) is 3. The Balaban J connectivity index is 1.49. The van der Waals surface area contributed by atoms with E-state index in [1.54, 1.807) is 0 Å². The molecule has 5 rings (SSSR count). The van der Waals surface area contributed by atoms with Crippen molar-refractivity contribution in [2.45, 2.75) is 59.0 Å². The number of nitrogens with one attached hydrogen (secondary N) is 1. The molecule has 2 saturated carbocycles. The van der Waals surface area contributed by atoms with Gasteiger partial charge in [0.05, 0.1) is 23.0 Å². The van der Waals surface area contributed by atoms with Crippen LogP contribution in [0.3, 0.4) is 0 Å². The zero-order chi connectivity index (χ0) is 20.8. The molecule has 0 aliphatic heterocycles. The van der Waals surface area contributed by atoms with Gasteiger partial charge in [-0.05, 0) is 69.9 Å². The molecule has 2 aliphatic carbocycles. The van der Waals surface area contributed by atoms with Gasteiger partial charge in [0.1, 0.15) is 0 Å². The normalized spacial score (nSPS) is 23.8. The molecule has 156 valence electrons. The van der Waals surface area contributed by atoms with Crippen LogP contribution in [0.25, 0.3) is 22.2 Å². The smallest absolute Gasteiger partial charge is 0.252 e. The van der Waals surface area contributed by atoms with E-state index in [2.05, 4.69) is 31.2 Å². The van der Waals surface area contributed by atoms with Crippen LogP contribution < -0.4 is 5.32 Å². The van der Waals surface area contributed by atoms with Crippen LogP contribution in [0.2, 0.25) is 0 Å². The average Bonchev–Trinajstić information content (AvgIpc) is 3.48. The Hall–Kier alpha value is -2.69. The molecule has 0 saturated heterocycles. The highest BCUT2D eigenvalue weighted by Gasteiger charge is 2.42. The molecule has 1 N–H and O–H groups in total. The van der Waals surface area contributed by atoms with Crippen LogP contribution in [0.1, 0.15) is 55.6 Å². The fourth-order valence-electron chi connectivity index (χ4n) is 5.82. The van der Waals surface area contributed by atoms with E-state index in [-0.39, 0.29) is 11.9 Å². The first-order valence-corrected chi connectivity index (χ1v) is 11.3. The highest BCUT2D eigenvalue weighted by atomic mass is 16.1. The van der Waals surface area contributed by atoms with Gasteiger partial charge in [-0.15, -0.1) is 0 Å². The minimum absolute atomic E-state index is 0.00524. The quantitative estimate of drug-likeness (QED) is 0.655. The number of carbonyl (C=O) groups is 1. The van der Waals surface area contributed by atoms with Crippen LogP contribution in [0, 0.1) is 24.7 Å². The Bertz CT molecular complexity index is 1100. The van der Waals surface area contributed by atoms with Crippen molar-refractivity contribution in [3.63, 3.8) is 0 Å². The van der Waals surface area contributed by atoms with Crippen molar-refractivity contribution in [1.29, 1.82) is 0 Å². The second-order valence-electron chi connectivity index (χ2n) is 9.13. The first kappa shape index (κ1) is 19.3. The number of hydrogen-bond donors (Lipinski definition) is 1. The number of rotatable bonds is 5. The van der Waals surface area contributed by atoms with E-state index in [1.165, 1.54) is 25.7 Å². The van der Waals surface area contributed by atoms with Crippen molar-refractivity contribution in [2.24, 2.45) is 17.8 Å². The minimum atomic E-state index is 0.00524. The van der Waals surface area contributed by atoms with Crippen LogP contribution in [0.5, 0.6) is 0 Å². The molecule has 1 aromatic carbocycles. The standard InChI is InChI=1S/C25H30N4O/c1-4-29-16(3)22(14-26-29)24-13-21(19-7-5-6-8-23(19)28-24)25(30)27-15(2)20-12-17-9-10-18(20)11-17/h5-8,13-15,17-18,20H,4,9-12H2,1-3H3,(H,27,30). The third kappa shape index (κ3) is 3.21. The number of pyridine rings is 1. The number of amides is 1. The van der Waals surface area contributed by atoms with Crippen molar-refractivity contribution in [3.8, 4) is 11.3 Å². The van der Waals surface area contributed by atoms with Crippen LogP contribution in [-0.2, 0) is 6.54 Å². The second kappa shape index (κ2) is 7.53. The fourth-order valence-corrected chi connectivity index (χ4v) is 5.82. The summed E-state index contributed by atoms with van der Waals surface area (Å²) in [7, 11) is 0. The summed E-state index contributed by atoms with van der Waals surface area (Å²) >= 11 is 0. The molecule has 2 aromatic heterocycles. The molecular weight excluding hydrogens is 372 g/mol. The average molecular weight is 403 g/mol. The van der Waals surface area contributed by atoms with E-state index < -0.39 is 0 Å². The first-order chi connectivity index (χ1) is 14.5. The maximum Gasteiger partial charge on any atom is 0.252 e. The molecule has 1 amide bonds. The van der Waals surface area contributed by atoms with Crippen LogP contribution in [-0.4, -0.2) is 26.7 Å². The molecule has 3 aromatic rings. The Morgan fingerprint density at radius 1 is 1.27 bits per heavy atom. The van der Waals surface area contributed by atoms with Gasteiger partial charge in [-0.2, -0.15) is 5.10 Å². The van der Waals surface area contributed by atoms with Crippen molar-refractivity contribution in [3.05, 3.63) is 47.8 Å². The maximum absolute atomic E-state index is 13.4. The van der Waals surface area contributed by atoms with Gasteiger partial charge in [-0.1, -0.05) is 24.6 Å². The van der Waals surface area contributed by atoms with Gasteiger partial charge < -0.3 is 5.32 Å². The van der Waals surface area contributed by atoms with Gasteiger partial charge in [0.25, 0.3) is 5.91 Å². The topological polar surface area (TPSA) is 59.8 Å². The van der Waals surface area contributed by atoms with Crippen molar-refractivity contribution in [1.82, 2.24) is 20.1 Å². The van der Waals surface area contributed by atoms with Gasteiger partial charge in [0.2, 0.25) is 0 Å². The largest absolute Gasteiger partial charge is 0.349 e. The third-order valence-corrected chi connectivity index (χ3v) is 7.43. The summed E-state index contributed by atoms with van der Waals surface area (Å²) in [6.45, 7) is 7.13.